The van der Waals surface area contributed by atoms with Gasteiger partial charge >= 0.3 is 0 Å². The predicted octanol–water partition coefficient (Wildman–Crippen LogP) is 3.12. The van der Waals surface area contributed by atoms with Crippen molar-refractivity contribution in [3.63, 3.8) is 0 Å². The fourth-order valence-electron chi connectivity index (χ4n) is 2.76. The summed E-state index contributed by atoms with van der Waals surface area (Å²) in [7, 11) is 0. The molecule has 1 amide bonds. The maximum Gasteiger partial charge on any atom is 0.225 e. The van der Waals surface area contributed by atoms with E-state index < -0.39 is 0 Å². The molecule has 0 heterocycles. The maximum absolute atomic E-state index is 12.6. The van der Waals surface area contributed by atoms with Crippen LogP contribution in [-0.4, -0.2) is 28.9 Å². The molecule has 1 saturated carbocycles. The number of nitrogens with zero attached hydrogens (tertiary/aromatic N) is 1. The monoisotopic (exact) mass is 284 g/mol. The van der Waals surface area contributed by atoms with E-state index in [9.17, 15) is 4.79 Å². The van der Waals surface area contributed by atoms with E-state index in [0.717, 1.165) is 19.4 Å². The van der Waals surface area contributed by atoms with Gasteiger partial charge < -0.3 is 10.6 Å². The van der Waals surface area contributed by atoms with Gasteiger partial charge in [0, 0.05) is 25.4 Å². The van der Waals surface area contributed by atoms with Crippen molar-refractivity contribution in [1.29, 1.82) is 0 Å². The molecule has 0 atom stereocenters. The summed E-state index contributed by atoms with van der Waals surface area (Å²) < 4.78 is 0. The first-order valence-electron chi connectivity index (χ1n) is 7.57. The van der Waals surface area contributed by atoms with Gasteiger partial charge in [-0.05, 0) is 18.8 Å². The predicted molar refractivity (Wildman–Crippen MR) is 84.0 cm³/mol. The number of hydrogen-bond acceptors (Lipinski definition) is 2. The molecule has 0 saturated heterocycles. The van der Waals surface area contributed by atoms with E-state index >= 15 is 0 Å². The summed E-state index contributed by atoms with van der Waals surface area (Å²) in [6.07, 6.45) is 7.70. The Kier molecular flexibility index (Phi) is 7.36. The number of carbonyl (C=O) groups is 1. The van der Waals surface area contributed by atoms with E-state index in [4.69, 9.17) is 18.0 Å². The molecule has 1 aliphatic carbocycles. The molecular formula is C15H28N2OS. The standard InChI is InChI=1S/C15H28N2OS/c1-12(2)11-17(10-9-14(16)19)15(18)13-7-5-3-4-6-8-13/h12-13H,3-11H2,1-2H3,(H2,16,19). The Balaban J connectivity index is 2.59. The Hall–Kier alpha value is -0.640. The van der Waals surface area contributed by atoms with Crippen LogP contribution in [-0.2, 0) is 4.79 Å². The van der Waals surface area contributed by atoms with Crippen LogP contribution in [0.5, 0.6) is 0 Å². The summed E-state index contributed by atoms with van der Waals surface area (Å²) in [5.41, 5.74) is 5.57. The molecule has 0 radical (unpaired) electrons. The van der Waals surface area contributed by atoms with Crippen LogP contribution < -0.4 is 5.73 Å². The zero-order chi connectivity index (χ0) is 14.3. The third-order valence-electron chi connectivity index (χ3n) is 3.73. The summed E-state index contributed by atoms with van der Waals surface area (Å²) >= 11 is 4.93. The topological polar surface area (TPSA) is 46.3 Å². The van der Waals surface area contributed by atoms with Crippen LogP contribution in [0.2, 0.25) is 0 Å². The van der Waals surface area contributed by atoms with E-state index in [1.165, 1.54) is 25.7 Å². The second-order valence-electron chi connectivity index (χ2n) is 6.08. The van der Waals surface area contributed by atoms with Gasteiger partial charge in [-0.3, -0.25) is 4.79 Å². The molecule has 2 N–H and O–H groups in total. The average molecular weight is 284 g/mol. The zero-order valence-corrected chi connectivity index (χ0v) is 13.2. The lowest BCUT2D eigenvalue weighted by Gasteiger charge is -2.28. The molecule has 0 bridgehead atoms. The minimum Gasteiger partial charge on any atom is -0.393 e. The molecular weight excluding hydrogens is 256 g/mol. The third kappa shape index (κ3) is 6.37. The number of carbonyl (C=O) groups excluding carboxylic acids is 1. The van der Waals surface area contributed by atoms with E-state index in [-0.39, 0.29) is 5.92 Å². The van der Waals surface area contributed by atoms with Crippen molar-refractivity contribution >= 4 is 23.1 Å². The molecule has 1 rings (SSSR count). The Morgan fingerprint density at radius 1 is 1.26 bits per heavy atom. The number of amides is 1. The summed E-state index contributed by atoms with van der Waals surface area (Å²) in [6, 6.07) is 0. The van der Waals surface area contributed by atoms with Gasteiger partial charge in [0.05, 0.1) is 4.99 Å². The second-order valence-corrected chi connectivity index (χ2v) is 6.61. The van der Waals surface area contributed by atoms with Crippen LogP contribution in [0.3, 0.4) is 0 Å². The molecule has 19 heavy (non-hydrogen) atoms. The normalized spacial score (nSPS) is 17.2. The molecule has 0 unspecified atom stereocenters. The van der Waals surface area contributed by atoms with Gasteiger partial charge in [-0.15, -0.1) is 0 Å². The Morgan fingerprint density at radius 2 is 1.84 bits per heavy atom. The highest BCUT2D eigenvalue weighted by atomic mass is 32.1. The molecule has 4 heteroatoms. The lowest BCUT2D eigenvalue weighted by atomic mass is 9.98. The summed E-state index contributed by atoms with van der Waals surface area (Å²) in [4.78, 5) is 15.1. The van der Waals surface area contributed by atoms with E-state index in [1.54, 1.807) is 0 Å². The van der Waals surface area contributed by atoms with E-state index in [0.29, 0.717) is 29.8 Å². The highest BCUT2D eigenvalue weighted by molar-refractivity contribution is 7.80. The lowest BCUT2D eigenvalue weighted by molar-refractivity contribution is -0.136. The van der Waals surface area contributed by atoms with Crippen molar-refractivity contribution in [2.24, 2.45) is 17.6 Å². The SMILES string of the molecule is CC(C)CN(CCC(N)=S)C(=O)C1CCCCCC1. The molecule has 0 spiro atoms. The molecule has 3 nitrogen and oxygen atoms in total. The van der Waals surface area contributed by atoms with Crippen molar-refractivity contribution < 1.29 is 4.79 Å². The number of rotatable bonds is 6. The van der Waals surface area contributed by atoms with Gasteiger partial charge in [-0.1, -0.05) is 51.7 Å². The van der Waals surface area contributed by atoms with Gasteiger partial charge in [-0.2, -0.15) is 0 Å². The van der Waals surface area contributed by atoms with Crippen LogP contribution in [0.15, 0.2) is 0 Å². The van der Waals surface area contributed by atoms with Crippen LogP contribution in [0.4, 0.5) is 0 Å². The quantitative estimate of drug-likeness (QED) is 0.602. The summed E-state index contributed by atoms with van der Waals surface area (Å²) in [6.45, 7) is 5.79. The van der Waals surface area contributed by atoms with Gasteiger partial charge in [0.1, 0.15) is 0 Å². The van der Waals surface area contributed by atoms with Crippen molar-refractivity contribution in [2.75, 3.05) is 13.1 Å². The minimum absolute atomic E-state index is 0.229. The number of nitrogens with two attached hydrogens (primary N) is 1. The lowest BCUT2D eigenvalue weighted by Crippen LogP contribution is -2.40. The number of thiocarbonyl (C=S) groups is 1. The highest BCUT2D eigenvalue weighted by Crippen LogP contribution is 2.25. The summed E-state index contributed by atoms with van der Waals surface area (Å²) in [5, 5.41) is 0. The molecule has 0 aromatic rings. The van der Waals surface area contributed by atoms with Crippen molar-refractivity contribution in [3.8, 4) is 0 Å². The summed E-state index contributed by atoms with van der Waals surface area (Å²) in [5.74, 6) is 1.04. The van der Waals surface area contributed by atoms with Gasteiger partial charge in [0.15, 0.2) is 0 Å². The molecule has 0 aromatic carbocycles. The van der Waals surface area contributed by atoms with Gasteiger partial charge in [-0.25, -0.2) is 0 Å². The Bertz CT molecular complexity index is 297. The van der Waals surface area contributed by atoms with Crippen LogP contribution >= 0.6 is 12.2 Å². The molecule has 110 valence electrons. The molecule has 1 fully saturated rings. The first-order chi connectivity index (χ1) is 9.00. The van der Waals surface area contributed by atoms with Crippen LogP contribution in [0.25, 0.3) is 0 Å². The van der Waals surface area contributed by atoms with Crippen molar-refractivity contribution in [3.05, 3.63) is 0 Å². The Morgan fingerprint density at radius 3 is 2.32 bits per heavy atom. The smallest absolute Gasteiger partial charge is 0.225 e. The van der Waals surface area contributed by atoms with Gasteiger partial charge in [0.25, 0.3) is 0 Å². The largest absolute Gasteiger partial charge is 0.393 e. The highest BCUT2D eigenvalue weighted by Gasteiger charge is 2.25. The fraction of sp³-hybridized carbons (Fsp3) is 0.867. The van der Waals surface area contributed by atoms with Crippen molar-refractivity contribution in [1.82, 2.24) is 4.90 Å². The number of hydrogen-bond donors (Lipinski definition) is 1. The fourth-order valence-corrected chi connectivity index (χ4v) is 2.85. The first kappa shape index (κ1) is 16.4. The first-order valence-corrected chi connectivity index (χ1v) is 7.98. The van der Waals surface area contributed by atoms with Crippen LogP contribution in [0.1, 0.15) is 58.8 Å². The van der Waals surface area contributed by atoms with E-state index in [2.05, 4.69) is 13.8 Å². The molecule has 0 aliphatic heterocycles. The third-order valence-corrected chi connectivity index (χ3v) is 3.93. The average Bonchev–Trinajstić information content (AvgIpc) is 2.61. The van der Waals surface area contributed by atoms with Crippen LogP contribution in [0, 0.1) is 11.8 Å². The van der Waals surface area contributed by atoms with Crippen molar-refractivity contribution in [2.45, 2.75) is 58.8 Å². The van der Waals surface area contributed by atoms with E-state index in [1.807, 2.05) is 4.90 Å². The second kappa shape index (κ2) is 8.51. The minimum atomic E-state index is 0.229. The molecule has 1 aliphatic rings. The maximum atomic E-state index is 12.6. The van der Waals surface area contributed by atoms with Gasteiger partial charge in [0.2, 0.25) is 5.91 Å². The molecule has 0 aromatic heterocycles. The zero-order valence-electron chi connectivity index (χ0n) is 12.4. The Labute approximate surface area is 122 Å².